The molecule has 6 heteroatoms. The zero-order chi connectivity index (χ0) is 16.7. The summed E-state index contributed by atoms with van der Waals surface area (Å²) in [5, 5.41) is 4.65. The van der Waals surface area contributed by atoms with Gasteiger partial charge in [0.15, 0.2) is 6.61 Å². The minimum Gasteiger partial charge on any atom is -0.495 e. The van der Waals surface area contributed by atoms with Gasteiger partial charge in [-0.05, 0) is 42.5 Å². The van der Waals surface area contributed by atoms with Crippen LogP contribution in [0.2, 0.25) is 0 Å². The first-order valence-electron chi connectivity index (χ1n) is 7.21. The van der Waals surface area contributed by atoms with Gasteiger partial charge in [0.1, 0.15) is 5.75 Å². The van der Waals surface area contributed by atoms with Crippen molar-refractivity contribution in [3.63, 3.8) is 0 Å². The number of hydrogen-bond donors (Lipinski definition) is 1. The first-order chi connectivity index (χ1) is 11.1. The molecular formula is C17H19NO4S. The van der Waals surface area contributed by atoms with Crippen molar-refractivity contribution in [2.45, 2.75) is 19.8 Å². The molecule has 122 valence electrons. The molecule has 2 aromatic rings. The standard InChI is InChI=1S/C17H19NO4S/c1-12-5-7-15(21-2)14(10-12)18-16(19)11-22-17(20)8-6-13-4-3-9-23-13/h3-5,7,9-10H,6,8,11H2,1-2H3,(H,18,19). The number of rotatable bonds is 7. The molecule has 1 amide bonds. The molecule has 23 heavy (non-hydrogen) atoms. The summed E-state index contributed by atoms with van der Waals surface area (Å²) in [6, 6.07) is 9.37. The lowest BCUT2D eigenvalue weighted by molar-refractivity contribution is -0.147. The van der Waals surface area contributed by atoms with Crippen LogP contribution in [0.15, 0.2) is 35.7 Å². The van der Waals surface area contributed by atoms with Gasteiger partial charge >= 0.3 is 5.97 Å². The van der Waals surface area contributed by atoms with Crippen molar-refractivity contribution < 1.29 is 19.1 Å². The van der Waals surface area contributed by atoms with Gasteiger partial charge in [-0.2, -0.15) is 0 Å². The lowest BCUT2D eigenvalue weighted by atomic mass is 10.2. The topological polar surface area (TPSA) is 64.6 Å². The summed E-state index contributed by atoms with van der Waals surface area (Å²) in [7, 11) is 1.53. The number of nitrogens with one attached hydrogen (secondary N) is 1. The van der Waals surface area contributed by atoms with Gasteiger partial charge in [-0.25, -0.2) is 0 Å². The van der Waals surface area contributed by atoms with E-state index in [-0.39, 0.29) is 19.0 Å². The van der Waals surface area contributed by atoms with E-state index in [4.69, 9.17) is 9.47 Å². The molecule has 1 heterocycles. The number of benzene rings is 1. The van der Waals surface area contributed by atoms with Gasteiger partial charge in [-0.3, -0.25) is 9.59 Å². The fourth-order valence-electron chi connectivity index (χ4n) is 2.00. The largest absolute Gasteiger partial charge is 0.495 e. The van der Waals surface area contributed by atoms with Crippen LogP contribution in [0, 0.1) is 6.92 Å². The number of hydrogen-bond acceptors (Lipinski definition) is 5. The Hall–Kier alpha value is -2.34. The van der Waals surface area contributed by atoms with Crippen LogP contribution in [0.25, 0.3) is 0 Å². The second-order valence-corrected chi connectivity index (χ2v) is 6.02. The predicted molar refractivity (Wildman–Crippen MR) is 90.0 cm³/mol. The third-order valence-corrected chi connectivity index (χ3v) is 4.09. The maximum absolute atomic E-state index is 11.9. The lowest BCUT2D eigenvalue weighted by Crippen LogP contribution is -2.21. The number of anilines is 1. The Morgan fingerprint density at radius 2 is 2.09 bits per heavy atom. The summed E-state index contributed by atoms with van der Waals surface area (Å²) in [5.41, 5.74) is 1.56. The van der Waals surface area contributed by atoms with E-state index < -0.39 is 5.91 Å². The second-order valence-electron chi connectivity index (χ2n) is 4.99. The maximum atomic E-state index is 11.9. The number of carbonyl (C=O) groups is 2. The smallest absolute Gasteiger partial charge is 0.306 e. The first-order valence-corrected chi connectivity index (χ1v) is 8.09. The Kier molecular flexibility index (Phi) is 6.17. The first kappa shape index (κ1) is 17.0. The molecule has 0 unspecified atom stereocenters. The van der Waals surface area contributed by atoms with Crippen LogP contribution >= 0.6 is 11.3 Å². The van der Waals surface area contributed by atoms with E-state index in [0.717, 1.165) is 10.4 Å². The van der Waals surface area contributed by atoms with Crippen LogP contribution in [0.1, 0.15) is 16.9 Å². The van der Waals surface area contributed by atoms with Crippen molar-refractivity contribution in [3.8, 4) is 5.75 Å². The van der Waals surface area contributed by atoms with Gasteiger partial charge in [0.05, 0.1) is 19.2 Å². The molecule has 0 fully saturated rings. The highest BCUT2D eigenvalue weighted by Crippen LogP contribution is 2.25. The van der Waals surface area contributed by atoms with Gasteiger partial charge in [-0.1, -0.05) is 12.1 Å². The average Bonchev–Trinajstić information content (AvgIpc) is 3.04. The maximum Gasteiger partial charge on any atom is 0.306 e. The van der Waals surface area contributed by atoms with Crippen molar-refractivity contribution >= 4 is 28.9 Å². The van der Waals surface area contributed by atoms with Crippen LogP contribution in [0.3, 0.4) is 0 Å². The van der Waals surface area contributed by atoms with Crippen LogP contribution in [-0.4, -0.2) is 25.6 Å². The van der Waals surface area contributed by atoms with Crippen molar-refractivity contribution in [1.82, 2.24) is 0 Å². The Balaban J connectivity index is 1.78. The van der Waals surface area contributed by atoms with Crippen LogP contribution in [0.4, 0.5) is 5.69 Å². The van der Waals surface area contributed by atoms with E-state index in [1.54, 1.807) is 23.5 Å². The molecule has 0 spiro atoms. The van der Waals surface area contributed by atoms with Crippen molar-refractivity contribution in [2.75, 3.05) is 19.0 Å². The molecule has 1 N–H and O–H groups in total. The van der Waals surface area contributed by atoms with Gasteiger partial charge in [-0.15, -0.1) is 11.3 Å². The number of amides is 1. The molecule has 0 aliphatic heterocycles. The molecule has 0 saturated carbocycles. The number of esters is 1. The van der Waals surface area contributed by atoms with Gasteiger partial charge < -0.3 is 14.8 Å². The molecular weight excluding hydrogens is 314 g/mol. The quantitative estimate of drug-likeness (QED) is 0.791. The number of carbonyl (C=O) groups excluding carboxylic acids is 2. The Bertz CT molecular complexity index is 667. The Morgan fingerprint density at radius 3 is 2.78 bits per heavy atom. The van der Waals surface area contributed by atoms with E-state index in [1.807, 2.05) is 30.5 Å². The molecule has 5 nitrogen and oxygen atoms in total. The van der Waals surface area contributed by atoms with Gasteiger partial charge in [0.25, 0.3) is 5.91 Å². The molecule has 2 rings (SSSR count). The fraction of sp³-hybridized carbons (Fsp3) is 0.294. The van der Waals surface area contributed by atoms with E-state index in [0.29, 0.717) is 17.9 Å². The van der Waals surface area contributed by atoms with Crippen LogP contribution < -0.4 is 10.1 Å². The molecule has 0 aliphatic carbocycles. The molecule has 0 radical (unpaired) electrons. The molecule has 0 atom stereocenters. The molecule has 0 saturated heterocycles. The summed E-state index contributed by atoms with van der Waals surface area (Å²) in [6.45, 7) is 1.61. The summed E-state index contributed by atoms with van der Waals surface area (Å²) in [6.07, 6.45) is 0.894. The highest BCUT2D eigenvalue weighted by molar-refractivity contribution is 7.09. The fourth-order valence-corrected chi connectivity index (χ4v) is 2.71. The zero-order valence-corrected chi connectivity index (χ0v) is 13.9. The zero-order valence-electron chi connectivity index (χ0n) is 13.1. The second kappa shape index (κ2) is 8.33. The van der Waals surface area contributed by atoms with E-state index in [9.17, 15) is 9.59 Å². The molecule has 1 aromatic heterocycles. The summed E-state index contributed by atoms with van der Waals surface area (Å²) < 4.78 is 10.2. The lowest BCUT2D eigenvalue weighted by Gasteiger charge is -2.11. The minimum absolute atomic E-state index is 0.265. The summed E-state index contributed by atoms with van der Waals surface area (Å²) in [4.78, 5) is 24.7. The van der Waals surface area contributed by atoms with E-state index in [2.05, 4.69) is 5.32 Å². The molecule has 1 aromatic carbocycles. The summed E-state index contributed by atoms with van der Waals surface area (Å²) >= 11 is 1.60. The van der Waals surface area contributed by atoms with Crippen molar-refractivity contribution in [2.24, 2.45) is 0 Å². The SMILES string of the molecule is COc1ccc(C)cc1NC(=O)COC(=O)CCc1cccs1. The third-order valence-electron chi connectivity index (χ3n) is 3.15. The summed E-state index contributed by atoms with van der Waals surface area (Å²) in [5.74, 6) is -0.212. The monoisotopic (exact) mass is 333 g/mol. The van der Waals surface area contributed by atoms with Crippen LogP contribution in [0.5, 0.6) is 5.75 Å². The minimum atomic E-state index is -0.390. The number of aryl methyl sites for hydroxylation is 2. The van der Waals surface area contributed by atoms with Gasteiger partial charge in [0.2, 0.25) is 0 Å². The number of methoxy groups -OCH3 is 1. The highest BCUT2D eigenvalue weighted by Gasteiger charge is 2.11. The Labute approximate surface area is 139 Å². The molecule has 0 bridgehead atoms. The normalized spacial score (nSPS) is 10.2. The van der Waals surface area contributed by atoms with Crippen molar-refractivity contribution in [1.29, 1.82) is 0 Å². The highest BCUT2D eigenvalue weighted by atomic mass is 32.1. The number of ether oxygens (including phenoxy) is 2. The van der Waals surface area contributed by atoms with E-state index in [1.165, 1.54) is 7.11 Å². The number of thiophene rings is 1. The predicted octanol–water partition coefficient (Wildman–Crippen LogP) is 3.18. The molecule has 0 aliphatic rings. The van der Waals surface area contributed by atoms with Crippen molar-refractivity contribution in [3.05, 3.63) is 46.2 Å². The Morgan fingerprint density at radius 1 is 1.26 bits per heavy atom. The average molecular weight is 333 g/mol. The van der Waals surface area contributed by atoms with Crippen LogP contribution in [-0.2, 0) is 20.7 Å². The van der Waals surface area contributed by atoms with Gasteiger partial charge in [0, 0.05) is 4.88 Å². The third kappa shape index (κ3) is 5.41. The van der Waals surface area contributed by atoms with E-state index >= 15 is 0 Å².